The van der Waals surface area contributed by atoms with Crippen molar-refractivity contribution in [2.24, 2.45) is 5.41 Å². The standard InChI is InChI=1S/C14H15BrN2O/c1-14(2,3)13(18)17-12-10(15)8-9-6-4-5-7-11(9)16-12/h4-8H,1-3H3,(H,16,17,18). The number of rotatable bonds is 1. The van der Waals surface area contributed by atoms with E-state index in [9.17, 15) is 4.79 Å². The maximum Gasteiger partial charge on any atom is 0.230 e. The fourth-order valence-electron chi connectivity index (χ4n) is 1.47. The van der Waals surface area contributed by atoms with Gasteiger partial charge < -0.3 is 5.32 Å². The van der Waals surface area contributed by atoms with Crippen molar-refractivity contribution in [2.75, 3.05) is 5.32 Å². The molecule has 0 spiro atoms. The van der Waals surface area contributed by atoms with E-state index in [-0.39, 0.29) is 5.91 Å². The molecule has 0 saturated carbocycles. The third-order valence-corrected chi connectivity index (χ3v) is 3.20. The normalized spacial score (nSPS) is 11.6. The average Bonchev–Trinajstić information content (AvgIpc) is 2.28. The zero-order valence-electron chi connectivity index (χ0n) is 10.6. The van der Waals surface area contributed by atoms with Gasteiger partial charge in [0.15, 0.2) is 0 Å². The third-order valence-electron chi connectivity index (χ3n) is 2.59. The number of anilines is 1. The Morgan fingerprint density at radius 1 is 1.28 bits per heavy atom. The molecule has 1 heterocycles. The number of halogens is 1. The van der Waals surface area contributed by atoms with E-state index in [0.29, 0.717) is 5.82 Å². The van der Waals surface area contributed by atoms with Crippen molar-refractivity contribution in [2.45, 2.75) is 20.8 Å². The number of nitrogens with zero attached hydrogens (tertiary/aromatic N) is 1. The van der Waals surface area contributed by atoms with Crippen LogP contribution in [0.3, 0.4) is 0 Å². The summed E-state index contributed by atoms with van der Waals surface area (Å²) in [5.74, 6) is 0.514. The molecular formula is C14H15BrN2O. The van der Waals surface area contributed by atoms with Crippen molar-refractivity contribution in [1.82, 2.24) is 4.98 Å². The van der Waals surface area contributed by atoms with Crippen LogP contribution in [0.1, 0.15) is 20.8 Å². The van der Waals surface area contributed by atoms with E-state index in [2.05, 4.69) is 26.2 Å². The average molecular weight is 307 g/mol. The molecule has 4 heteroatoms. The van der Waals surface area contributed by atoms with Crippen molar-refractivity contribution in [3.05, 3.63) is 34.8 Å². The third kappa shape index (κ3) is 2.70. The Bertz CT molecular complexity index is 602. The van der Waals surface area contributed by atoms with E-state index in [0.717, 1.165) is 15.4 Å². The number of hydrogen-bond acceptors (Lipinski definition) is 2. The van der Waals surface area contributed by atoms with Crippen molar-refractivity contribution in [3.8, 4) is 0 Å². The molecule has 0 aliphatic rings. The quantitative estimate of drug-likeness (QED) is 0.866. The first kappa shape index (κ1) is 13.0. The molecule has 0 bridgehead atoms. The van der Waals surface area contributed by atoms with Gasteiger partial charge in [0.1, 0.15) is 5.82 Å². The molecule has 1 aromatic carbocycles. The zero-order chi connectivity index (χ0) is 13.3. The molecule has 0 unspecified atom stereocenters. The van der Waals surface area contributed by atoms with Crippen molar-refractivity contribution >= 4 is 38.6 Å². The van der Waals surface area contributed by atoms with Crippen LogP contribution in [-0.2, 0) is 4.79 Å². The van der Waals surface area contributed by atoms with Gasteiger partial charge in [0, 0.05) is 10.8 Å². The van der Waals surface area contributed by atoms with Gasteiger partial charge in [-0.15, -0.1) is 0 Å². The number of benzene rings is 1. The highest BCUT2D eigenvalue weighted by molar-refractivity contribution is 9.10. The van der Waals surface area contributed by atoms with E-state index in [4.69, 9.17) is 0 Å². The fraction of sp³-hybridized carbons (Fsp3) is 0.286. The number of aromatic nitrogens is 1. The molecular weight excluding hydrogens is 292 g/mol. The second kappa shape index (κ2) is 4.69. The Kier molecular flexibility index (Phi) is 3.39. The predicted molar refractivity (Wildman–Crippen MR) is 77.5 cm³/mol. The highest BCUT2D eigenvalue weighted by Gasteiger charge is 2.22. The van der Waals surface area contributed by atoms with Gasteiger partial charge in [-0.1, -0.05) is 39.0 Å². The van der Waals surface area contributed by atoms with Crippen LogP contribution in [0.5, 0.6) is 0 Å². The first-order valence-corrected chi connectivity index (χ1v) is 6.54. The summed E-state index contributed by atoms with van der Waals surface area (Å²) in [5.41, 5.74) is 0.428. The van der Waals surface area contributed by atoms with Crippen LogP contribution in [0.25, 0.3) is 10.9 Å². The molecule has 2 rings (SSSR count). The summed E-state index contributed by atoms with van der Waals surface area (Å²) >= 11 is 3.44. The number of pyridine rings is 1. The molecule has 1 aromatic heterocycles. The van der Waals surface area contributed by atoms with Gasteiger partial charge in [-0.2, -0.15) is 0 Å². The maximum atomic E-state index is 12.0. The van der Waals surface area contributed by atoms with Gasteiger partial charge in [-0.25, -0.2) is 4.98 Å². The van der Waals surface area contributed by atoms with Gasteiger partial charge in [0.05, 0.1) is 9.99 Å². The van der Waals surface area contributed by atoms with Crippen LogP contribution in [0.4, 0.5) is 5.82 Å². The summed E-state index contributed by atoms with van der Waals surface area (Å²) in [7, 11) is 0. The molecule has 0 aliphatic carbocycles. The van der Waals surface area contributed by atoms with Gasteiger partial charge in [-0.3, -0.25) is 4.79 Å². The molecule has 0 saturated heterocycles. The Morgan fingerprint density at radius 3 is 2.61 bits per heavy atom. The lowest BCUT2D eigenvalue weighted by atomic mass is 9.96. The minimum Gasteiger partial charge on any atom is -0.309 e. The number of carbonyl (C=O) groups excluding carboxylic acids is 1. The molecule has 1 N–H and O–H groups in total. The number of para-hydroxylation sites is 1. The summed E-state index contributed by atoms with van der Waals surface area (Å²) in [5, 5.41) is 3.89. The first-order valence-electron chi connectivity index (χ1n) is 5.75. The molecule has 2 aromatic rings. The Morgan fingerprint density at radius 2 is 1.94 bits per heavy atom. The predicted octanol–water partition coefficient (Wildman–Crippen LogP) is 3.98. The zero-order valence-corrected chi connectivity index (χ0v) is 12.2. The van der Waals surface area contributed by atoms with Crippen LogP contribution < -0.4 is 5.32 Å². The molecule has 0 fully saturated rings. The fourth-order valence-corrected chi connectivity index (χ4v) is 1.91. The summed E-state index contributed by atoms with van der Waals surface area (Å²) in [4.78, 5) is 16.4. The van der Waals surface area contributed by atoms with Crippen molar-refractivity contribution in [1.29, 1.82) is 0 Å². The van der Waals surface area contributed by atoms with E-state index in [1.165, 1.54) is 0 Å². The van der Waals surface area contributed by atoms with Crippen LogP contribution >= 0.6 is 15.9 Å². The van der Waals surface area contributed by atoms with Gasteiger partial charge in [0.25, 0.3) is 0 Å². The largest absolute Gasteiger partial charge is 0.309 e. The molecule has 3 nitrogen and oxygen atoms in total. The second-order valence-electron chi connectivity index (χ2n) is 5.22. The minimum absolute atomic E-state index is 0.0500. The summed E-state index contributed by atoms with van der Waals surface area (Å²) in [6.45, 7) is 5.62. The Balaban J connectivity index is 2.40. The number of carbonyl (C=O) groups is 1. The van der Waals surface area contributed by atoms with E-state index < -0.39 is 5.41 Å². The van der Waals surface area contributed by atoms with Crippen molar-refractivity contribution in [3.63, 3.8) is 0 Å². The number of hydrogen-bond donors (Lipinski definition) is 1. The summed E-state index contributed by atoms with van der Waals surface area (Å²) in [6, 6.07) is 9.76. The number of fused-ring (bicyclic) bond motifs is 1. The van der Waals surface area contributed by atoms with Crippen LogP contribution in [0.15, 0.2) is 34.8 Å². The Labute approximate surface area is 115 Å². The number of amides is 1. The number of nitrogens with one attached hydrogen (secondary N) is 1. The lowest BCUT2D eigenvalue weighted by molar-refractivity contribution is -0.123. The lowest BCUT2D eigenvalue weighted by Crippen LogP contribution is -2.28. The van der Waals surface area contributed by atoms with E-state index >= 15 is 0 Å². The van der Waals surface area contributed by atoms with E-state index in [1.54, 1.807) is 0 Å². The first-order chi connectivity index (χ1) is 8.38. The molecule has 1 amide bonds. The lowest BCUT2D eigenvalue weighted by Gasteiger charge is -2.18. The van der Waals surface area contributed by atoms with Crippen molar-refractivity contribution < 1.29 is 4.79 Å². The highest BCUT2D eigenvalue weighted by Crippen LogP contribution is 2.26. The molecule has 18 heavy (non-hydrogen) atoms. The smallest absolute Gasteiger partial charge is 0.230 e. The van der Waals surface area contributed by atoms with Gasteiger partial charge in [0.2, 0.25) is 5.91 Å². The Hall–Kier alpha value is -1.42. The van der Waals surface area contributed by atoms with Crippen LogP contribution in [0, 0.1) is 5.41 Å². The SMILES string of the molecule is CC(C)(C)C(=O)Nc1nc2ccccc2cc1Br. The maximum absolute atomic E-state index is 12.0. The molecule has 0 radical (unpaired) electrons. The van der Waals surface area contributed by atoms with Crippen LogP contribution in [-0.4, -0.2) is 10.9 Å². The van der Waals surface area contributed by atoms with Crippen LogP contribution in [0.2, 0.25) is 0 Å². The minimum atomic E-state index is -0.438. The molecule has 0 aliphatic heterocycles. The summed E-state index contributed by atoms with van der Waals surface area (Å²) in [6.07, 6.45) is 0. The molecule has 0 atom stereocenters. The van der Waals surface area contributed by atoms with Gasteiger partial charge in [-0.05, 0) is 28.1 Å². The molecule has 94 valence electrons. The van der Waals surface area contributed by atoms with E-state index in [1.807, 2.05) is 51.1 Å². The van der Waals surface area contributed by atoms with Gasteiger partial charge >= 0.3 is 0 Å². The topological polar surface area (TPSA) is 42.0 Å². The summed E-state index contributed by atoms with van der Waals surface area (Å²) < 4.78 is 0.791. The monoisotopic (exact) mass is 306 g/mol. The highest BCUT2D eigenvalue weighted by atomic mass is 79.9. The second-order valence-corrected chi connectivity index (χ2v) is 6.07.